The van der Waals surface area contributed by atoms with Crippen LogP contribution in [0.2, 0.25) is 0 Å². The maximum absolute atomic E-state index is 12.4. The fraction of sp³-hybridized carbons (Fsp3) is 0.130. The summed E-state index contributed by atoms with van der Waals surface area (Å²) in [6.45, 7) is 1.82. The van der Waals surface area contributed by atoms with Gasteiger partial charge in [0.25, 0.3) is 0 Å². The minimum atomic E-state index is -0.377. The molecule has 0 bridgehead atoms. The molecule has 2 aromatic carbocycles. The van der Waals surface area contributed by atoms with E-state index in [-0.39, 0.29) is 6.03 Å². The van der Waals surface area contributed by atoms with Gasteiger partial charge in [-0.1, -0.05) is 0 Å². The van der Waals surface area contributed by atoms with Crippen LogP contribution in [0.3, 0.4) is 0 Å². The molecule has 0 saturated heterocycles. The highest BCUT2D eigenvalue weighted by Crippen LogP contribution is 2.29. The summed E-state index contributed by atoms with van der Waals surface area (Å²) < 4.78 is 12.1. The molecule has 10 nitrogen and oxygen atoms in total. The number of carbonyl (C=O) groups excluding carboxylic acids is 1. The van der Waals surface area contributed by atoms with Gasteiger partial charge in [-0.25, -0.2) is 19.4 Å². The van der Waals surface area contributed by atoms with E-state index in [4.69, 9.17) is 9.47 Å². The molecule has 0 aliphatic carbocycles. The molecule has 4 aromatic rings. The van der Waals surface area contributed by atoms with Gasteiger partial charge in [0.2, 0.25) is 0 Å². The molecule has 4 rings (SSSR count). The average molecular weight is 445 g/mol. The van der Waals surface area contributed by atoms with Crippen LogP contribution in [0.1, 0.15) is 5.82 Å². The van der Waals surface area contributed by atoms with Crippen molar-refractivity contribution in [1.82, 2.24) is 19.7 Å². The van der Waals surface area contributed by atoms with Crippen LogP contribution in [-0.2, 0) is 0 Å². The summed E-state index contributed by atoms with van der Waals surface area (Å²) in [5.41, 5.74) is 2.02. The minimum absolute atomic E-state index is 0.377. The van der Waals surface area contributed by atoms with Crippen molar-refractivity contribution in [3.05, 3.63) is 72.8 Å². The number of hydrogen-bond acceptors (Lipinski definition) is 7. The zero-order valence-electron chi connectivity index (χ0n) is 18.4. The summed E-state index contributed by atoms with van der Waals surface area (Å²) in [6, 6.07) is 15.7. The molecule has 0 spiro atoms. The molecule has 168 valence electrons. The van der Waals surface area contributed by atoms with Crippen molar-refractivity contribution >= 4 is 28.9 Å². The van der Waals surface area contributed by atoms with E-state index in [1.807, 2.05) is 37.4 Å². The molecule has 0 unspecified atom stereocenters. The first-order valence-electron chi connectivity index (χ1n) is 10.1. The Balaban J connectivity index is 1.39. The van der Waals surface area contributed by atoms with E-state index < -0.39 is 0 Å². The molecule has 2 amide bonds. The summed E-state index contributed by atoms with van der Waals surface area (Å²) >= 11 is 0. The number of nitrogens with one attached hydrogen (secondary N) is 3. The first-order chi connectivity index (χ1) is 16.0. The van der Waals surface area contributed by atoms with Crippen LogP contribution in [0.4, 0.5) is 27.7 Å². The monoisotopic (exact) mass is 445 g/mol. The molecule has 0 aliphatic rings. The van der Waals surface area contributed by atoms with Crippen molar-refractivity contribution in [3.8, 4) is 17.3 Å². The van der Waals surface area contributed by atoms with Gasteiger partial charge < -0.3 is 25.4 Å². The normalized spacial score (nSPS) is 10.4. The maximum Gasteiger partial charge on any atom is 0.323 e. The number of anilines is 4. The lowest BCUT2D eigenvalue weighted by atomic mass is 10.2. The summed E-state index contributed by atoms with van der Waals surface area (Å²) in [5, 5.41) is 13.0. The van der Waals surface area contributed by atoms with Gasteiger partial charge in [0.05, 0.1) is 14.2 Å². The Hall–Kier alpha value is -4.60. The van der Waals surface area contributed by atoms with Crippen LogP contribution in [0.5, 0.6) is 11.5 Å². The second-order valence-electron chi connectivity index (χ2n) is 6.96. The van der Waals surface area contributed by atoms with Crippen molar-refractivity contribution in [2.75, 3.05) is 30.2 Å². The Morgan fingerprint density at radius 3 is 2.27 bits per heavy atom. The molecule has 0 aliphatic heterocycles. The molecular weight excluding hydrogens is 422 g/mol. The highest BCUT2D eigenvalue weighted by molar-refractivity contribution is 6.00. The van der Waals surface area contributed by atoms with Crippen LogP contribution < -0.4 is 25.4 Å². The van der Waals surface area contributed by atoms with Crippen molar-refractivity contribution in [2.45, 2.75) is 6.92 Å². The number of ether oxygens (including phenoxy) is 2. The van der Waals surface area contributed by atoms with Gasteiger partial charge in [-0.3, -0.25) is 0 Å². The molecule has 0 radical (unpaired) electrons. The number of urea groups is 1. The molecule has 0 saturated carbocycles. The zero-order chi connectivity index (χ0) is 23.2. The lowest BCUT2D eigenvalue weighted by Gasteiger charge is -2.12. The number of methoxy groups -OCH3 is 2. The molecule has 3 N–H and O–H groups in total. The van der Waals surface area contributed by atoms with Gasteiger partial charge in [0.1, 0.15) is 11.6 Å². The Morgan fingerprint density at radius 2 is 1.58 bits per heavy atom. The average Bonchev–Trinajstić information content (AvgIpc) is 3.35. The largest absolute Gasteiger partial charge is 0.493 e. The minimum Gasteiger partial charge on any atom is -0.493 e. The number of amides is 2. The molecular formula is C23H23N7O3. The van der Waals surface area contributed by atoms with Crippen molar-refractivity contribution < 1.29 is 14.3 Å². The van der Waals surface area contributed by atoms with Gasteiger partial charge in [0.15, 0.2) is 17.3 Å². The smallest absolute Gasteiger partial charge is 0.323 e. The molecule has 10 heteroatoms. The van der Waals surface area contributed by atoms with Gasteiger partial charge >= 0.3 is 6.03 Å². The Bertz CT molecular complexity index is 1240. The first-order valence-corrected chi connectivity index (χ1v) is 10.1. The topological polar surface area (TPSA) is 115 Å². The maximum atomic E-state index is 12.4. The number of hydrogen-bond donors (Lipinski definition) is 3. The standard InChI is InChI=1S/C23H23N7O3/c1-15-25-21(14-22(26-15)30-12-4-11-24-30)27-16-5-7-17(8-6-16)28-23(31)29-18-9-10-19(32-2)20(13-18)33-3/h4-14H,1-3H3,(H,25,26,27)(H2,28,29,31). The third-order valence-electron chi connectivity index (χ3n) is 4.62. The fourth-order valence-corrected chi connectivity index (χ4v) is 3.13. The number of carbonyl (C=O) groups is 1. The Labute approximate surface area is 190 Å². The molecule has 0 fully saturated rings. The quantitative estimate of drug-likeness (QED) is 0.387. The number of aromatic nitrogens is 4. The van der Waals surface area contributed by atoms with Crippen molar-refractivity contribution in [1.29, 1.82) is 0 Å². The molecule has 0 atom stereocenters. The van der Waals surface area contributed by atoms with E-state index >= 15 is 0 Å². The summed E-state index contributed by atoms with van der Waals surface area (Å²) in [7, 11) is 3.10. The lowest BCUT2D eigenvalue weighted by molar-refractivity contribution is 0.262. The predicted molar refractivity (Wildman–Crippen MR) is 126 cm³/mol. The molecule has 2 aromatic heterocycles. The van der Waals surface area contributed by atoms with Crippen LogP contribution in [-0.4, -0.2) is 40.0 Å². The summed E-state index contributed by atoms with van der Waals surface area (Å²) in [4.78, 5) is 21.2. The van der Waals surface area contributed by atoms with Gasteiger partial charge in [-0.05, 0) is 49.4 Å². The first kappa shape index (κ1) is 21.6. The third kappa shape index (κ3) is 5.37. The van der Waals surface area contributed by atoms with E-state index in [0.717, 1.165) is 5.69 Å². The predicted octanol–water partition coefficient (Wildman–Crippen LogP) is 4.38. The lowest BCUT2D eigenvalue weighted by Crippen LogP contribution is -2.19. The van der Waals surface area contributed by atoms with Crippen LogP contribution in [0, 0.1) is 6.92 Å². The highest BCUT2D eigenvalue weighted by atomic mass is 16.5. The third-order valence-corrected chi connectivity index (χ3v) is 4.62. The number of benzene rings is 2. The number of rotatable bonds is 7. The summed E-state index contributed by atoms with van der Waals surface area (Å²) in [5.74, 6) is 3.04. The Morgan fingerprint density at radius 1 is 0.879 bits per heavy atom. The van der Waals surface area contributed by atoms with Crippen LogP contribution in [0.15, 0.2) is 67.0 Å². The molecule has 33 heavy (non-hydrogen) atoms. The van der Waals surface area contributed by atoms with E-state index in [2.05, 4.69) is 31.0 Å². The van der Waals surface area contributed by atoms with Gasteiger partial charge in [-0.2, -0.15) is 5.10 Å². The van der Waals surface area contributed by atoms with E-state index in [1.165, 1.54) is 7.11 Å². The van der Waals surface area contributed by atoms with E-state index in [9.17, 15) is 4.79 Å². The molecule has 2 heterocycles. The summed E-state index contributed by atoms with van der Waals surface area (Å²) in [6.07, 6.45) is 3.51. The van der Waals surface area contributed by atoms with Crippen LogP contribution in [0.25, 0.3) is 5.82 Å². The SMILES string of the molecule is COc1ccc(NC(=O)Nc2ccc(Nc3cc(-n4cccn4)nc(C)n3)cc2)cc1OC. The number of aryl methyl sites for hydroxylation is 1. The van der Waals surface area contributed by atoms with E-state index in [0.29, 0.717) is 40.3 Å². The second kappa shape index (κ2) is 9.69. The highest BCUT2D eigenvalue weighted by Gasteiger charge is 2.08. The van der Waals surface area contributed by atoms with Gasteiger partial charge in [0, 0.05) is 41.6 Å². The zero-order valence-corrected chi connectivity index (χ0v) is 18.4. The van der Waals surface area contributed by atoms with E-state index in [1.54, 1.807) is 48.3 Å². The second-order valence-corrected chi connectivity index (χ2v) is 6.96. The fourth-order valence-electron chi connectivity index (χ4n) is 3.13. The number of nitrogens with zero attached hydrogens (tertiary/aromatic N) is 4. The Kier molecular flexibility index (Phi) is 6.35. The van der Waals surface area contributed by atoms with Gasteiger partial charge in [-0.15, -0.1) is 0 Å². The van der Waals surface area contributed by atoms with Crippen LogP contribution >= 0.6 is 0 Å². The van der Waals surface area contributed by atoms with Crippen molar-refractivity contribution in [2.24, 2.45) is 0 Å². The van der Waals surface area contributed by atoms with Crippen molar-refractivity contribution in [3.63, 3.8) is 0 Å².